The van der Waals surface area contributed by atoms with Crippen LogP contribution in [-0.2, 0) is 0 Å². The van der Waals surface area contributed by atoms with Gasteiger partial charge in [-0.25, -0.2) is 0 Å². The summed E-state index contributed by atoms with van der Waals surface area (Å²) in [5, 5.41) is 0. The van der Waals surface area contributed by atoms with Crippen LogP contribution in [0.3, 0.4) is 0 Å². The molecule has 0 aliphatic carbocycles. The van der Waals surface area contributed by atoms with Crippen LogP contribution in [0.5, 0.6) is 0 Å². The normalized spacial score (nSPS) is 13.2. The summed E-state index contributed by atoms with van der Waals surface area (Å²) in [5.41, 5.74) is 10.2. The van der Waals surface area contributed by atoms with Gasteiger partial charge in [0.15, 0.2) is 0 Å². The Kier molecular flexibility index (Phi) is 4.82. The Balaban J connectivity index is 0.00000196. The first-order valence-corrected chi connectivity index (χ1v) is 5.15. The van der Waals surface area contributed by atoms with E-state index >= 15 is 0 Å². The van der Waals surface area contributed by atoms with Gasteiger partial charge in [0.1, 0.15) is 0 Å². The third-order valence-electron chi connectivity index (χ3n) is 2.69. The van der Waals surface area contributed by atoms with Crippen molar-refractivity contribution in [2.45, 2.75) is 40.7 Å². The second-order valence-electron chi connectivity index (χ2n) is 5.20. The largest absolute Gasteiger partial charge is 0.324 e. The summed E-state index contributed by atoms with van der Waals surface area (Å²) in [7, 11) is 0. The molecule has 1 nitrogen and oxygen atoms in total. The lowest BCUT2D eigenvalue weighted by Gasteiger charge is -2.28. The van der Waals surface area contributed by atoms with E-state index in [2.05, 4.69) is 52.8 Å². The Morgan fingerprint density at radius 2 is 1.67 bits per heavy atom. The van der Waals surface area contributed by atoms with Gasteiger partial charge < -0.3 is 5.73 Å². The zero-order valence-electron chi connectivity index (χ0n) is 10.3. The molecule has 15 heavy (non-hydrogen) atoms. The van der Waals surface area contributed by atoms with Gasteiger partial charge in [-0.1, -0.05) is 44.5 Å². The Morgan fingerprint density at radius 1 is 1.13 bits per heavy atom. The second-order valence-corrected chi connectivity index (χ2v) is 5.20. The topological polar surface area (TPSA) is 26.0 Å². The van der Waals surface area contributed by atoms with Crippen LogP contribution in [0.4, 0.5) is 0 Å². The molecular weight excluding hydrogens is 206 g/mol. The van der Waals surface area contributed by atoms with Crippen molar-refractivity contribution in [2.24, 2.45) is 11.1 Å². The number of hydrogen-bond donors (Lipinski definition) is 1. The summed E-state index contributed by atoms with van der Waals surface area (Å²) < 4.78 is 0. The molecule has 0 unspecified atom stereocenters. The van der Waals surface area contributed by atoms with Gasteiger partial charge in [0.25, 0.3) is 0 Å². The van der Waals surface area contributed by atoms with E-state index in [1.807, 2.05) is 0 Å². The van der Waals surface area contributed by atoms with Crippen molar-refractivity contribution >= 4 is 12.4 Å². The smallest absolute Gasteiger partial charge is 0.0346 e. The van der Waals surface area contributed by atoms with E-state index in [9.17, 15) is 0 Å². The van der Waals surface area contributed by atoms with Gasteiger partial charge in [0, 0.05) is 6.04 Å². The number of halogens is 1. The molecule has 1 aromatic carbocycles. The number of nitrogens with two attached hydrogens (primary N) is 1. The highest BCUT2D eigenvalue weighted by Gasteiger charge is 2.23. The predicted molar refractivity (Wildman–Crippen MR) is 69.5 cm³/mol. The van der Waals surface area contributed by atoms with Gasteiger partial charge in [-0.2, -0.15) is 0 Å². The third kappa shape index (κ3) is 3.51. The summed E-state index contributed by atoms with van der Waals surface area (Å²) in [6.45, 7) is 10.8. The van der Waals surface area contributed by atoms with Crippen molar-refractivity contribution < 1.29 is 0 Å². The van der Waals surface area contributed by atoms with Gasteiger partial charge in [0.05, 0.1) is 0 Å². The van der Waals surface area contributed by atoms with E-state index in [4.69, 9.17) is 5.73 Å². The zero-order chi connectivity index (χ0) is 10.9. The van der Waals surface area contributed by atoms with Crippen molar-refractivity contribution in [1.82, 2.24) is 0 Å². The van der Waals surface area contributed by atoms with Crippen molar-refractivity contribution in [3.8, 4) is 0 Å². The molecule has 2 N–H and O–H groups in total. The lowest BCUT2D eigenvalue weighted by molar-refractivity contribution is 0.326. The number of hydrogen-bond acceptors (Lipinski definition) is 1. The van der Waals surface area contributed by atoms with Crippen molar-refractivity contribution in [1.29, 1.82) is 0 Å². The average Bonchev–Trinajstić information content (AvgIpc) is 2.01. The molecule has 0 amide bonds. The van der Waals surface area contributed by atoms with Crippen LogP contribution in [0.25, 0.3) is 0 Å². The number of benzene rings is 1. The van der Waals surface area contributed by atoms with E-state index in [0.29, 0.717) is 0 Å². The highest BCUT2D eigenvalue weighted by Crippen LogP contribution is 2.32. The van der Waals surface area contributed by atoms with Crippen LogP contribution in [-0.4, -0.2) is 0 Å². The van der Waals surface area contributed by atoms with Crippen molar-refractivity contribution in [3.63, 3.8) is 0 Å². The standard InChI is InChI=1S/C13H21N.ClH/c1-9-6-7-11(10(2)8-9)12(14)13(3,4)5;/h6-8,12H,14H2,1-5H3;1H/t12-;/m0./s1. The van der Waals surface area contributed by atoms with Crippen LogP contribution in [0.1, 0.15) is 43.5 Å². The molecule has 2 heteroatoms. The van der Waals surface area contributed by atoms with Gasteiger partial charge in [-0.3, -0.25) is 0 Å². The Hall–Kier alpha value is -0.530. The first-order valence-electron chi connectivity index (χ1n) is 5.15. The van der Waals surface area contributed by atoms with Gasteiger partial charge >= 0.3 is 0 Å². The minimum absolute atomic E-state index is 0. The van der Waals surface area contributed by atoms with E-state index in [-0.39, 0.29) is 23.9 Å². The quantitative estimate of drug-likeness (QED) is 0.777. The molecule has 0 aromatic heterocycles. The minimum atomic E-state index is 0. The fourth-order valence-electron chi connectivity index (χ4n) is 1.64. The lowest BCUT2D eigenvalue weighted by atomic mass is 9.81. The molecule has 1 aromatic rings. The Morgan fingerprint density at radius 3 is 2.07 bits per heavy atom. The molecule has 1 atom stereocenters. The first-order chi connectivity index (χ1) is 6.32. The molecular formula is C13H22ClN. The third-order valence-corrected chi connectivity index (χ3v) is 2.69. The summed E-state index contributed by atoms with van der Waals surface area (Å²) in [4.78, 5) is 0. The highest BCUT2D eigenvalue weighted by molar-refractivity contribution is 5.85. The summed E-state index contributed by atoms with van der Waals surface area (Å²) in [5.74, 6) is 0. The monoisotopic (exact) mass is 227 g/mol. The molecule has 0 radical (unpaired) electrons. The second kappa shape index (κ2) is 5.00. The predicted octanol–water partition coefficient (Wildman–Crippen LogP) is 3.77. The van der Waals surface area contributed by atoms with Crippen LogP contribution in [0, 0.1) is 19.3 Å². The minimum Gasteiger partial charge on any atom is -0.324 e. The van der Waals surface area contributed by atoms with Gasteiger partial charge in [-0.05, 0) is 30.4 Å². The van der Waals surface area contributed by atoms with Crippen molar-refractivity contribution in [2.75, 3.05) is 0 Å². The van der Waals surface area contributed by atoms with E-state index < -0.39 is 0 Å². The molecule has 0 spiro atoms. The molecule has 86 valence electrons. The lowest BCUT2D eigenvalue weighted by Crippen LogP contribution is -2.26. The summed E-state index contributed by atoms with van der Waals surface area (Å²) >= 11 is 0. The Bertz CT molecular complexity index is 326. The molecule has 0 fully saturated rings. The van der Waals surface area contributed by atoms with Crippen LogP contribution < -0.4 is 5.73 Å². The number of rotatable bonds is 1. The molecule has 0 bridgehead atoms. The molecule has 0 aliphatic rings. The van der Waals surface area contributed by atoms with Crippen molar-refractivity contribution in [3.05, 3.63) is 34.9 Å². The van der Waals surface area contributed by atoms with E-state index in [0.717, 1.165) is 0 Å². The summed E-state index contributed by atoms with van der Waals surface area (Å²) in [6, 6.07) is 6.60. The van der Waals surface area contributed by atoms with Crippen LogP contribution in [0.15, 0.2) is 18.2 Å². The first kappa shape index (κ1) is 14.5. The molecule has 0 saturated heterocycles. The fourth-order valence-corrected chi connectivity index (χ4v) is 1.64. The molecule has 0 heterocycles. The van der Waals surface area contributed by atoms with Crippen LogP contribution in [0.2, 0.25) is 0 Å². The summed E-state index contributed by atoms with van der Waals surface area (Å²) in [6.07, 6.45) is 0. The Labute approximate surface area is 99.5 Å². The van der Waals surface area contributed by atoms with E-state index in [1.165, 1.54) is 16.7 Å². The van der Waals surface area contributed by atoms with Gasteiger partial charge in [0.2, 0.25) is 0 Å². The van der Waals surface area contributed by atoms with E-state index in [1.54, 1.807) is 0 Å². The fraction of sp³-hybridized carbons (Fsp3) is 0.538. The SMILES string of the molecule is Cc1ccc([C@H](N)C(C)(C)C)c(C)c1.Cl. The average molecular weight is 228 g/mol. The molecule has 1 rings (SSSR count). The highest BCUT2D eigenvalue weighted by atomic mass is 35.5. The number of aryl methyl sites for hydroxylation is 2. The van der Waals surface area contributed by atoms with Gasteiger partial charge in [-0.15, -0.1) is 12.4 Å². The molecule has 0 saturated carbocycles. The maximum absolute atomic E-state index is 6.22. The maximum atomic E-state index is 6.22. The zero-order valence-corrected chi connectivity index (χ0v) is 11.1. The molecule has 0 aliphatic heterocycles. The maximum Gasteiger partial charge on any atom is 0.0346 e. The van der Waals surface area contributed by atoms with Crippen LogP contribution >= 0.6 is 12.4 Å².